The zero-order valence-corrected chi connectivity index (χ0v) is 14.8. The summed E-state index contributed by atoms with van der Waals surface area (Å²) in [6, 6.07) is 3.88. The van der Waals surface area contributed by atoms with E-state index in [2.05, 4.69) is 22.1 Å². The smallest absolute Gasteiger partial charge is 0.219 e. The van der Waals surface area contributed by atoms with Gasteiger partial charge in [-0.15, -0.1) is 0 Å². The van der Waals surface area contributed by atoms with Crippen LogP contribution in [0.2, 0.25) is 0 Å². The number of nitrogens with one attached hydrogen (secondary N) is 1. The van der Waals surface area contributed by atoms with Crippen molar-refractivity contribution in [3.8, 4) is 5.88 Å². The second-order valence-electron chi connectivity index (χ2n) is 5.56. The summed E-state index contributed by atoms with van der Waals surface area (Å²) in [6.45, 7) is 10.6. The third-order valence-electron chi connectivity index (χ3n) is 3.89. The molecule has 1 aliphatic rings. The zero-order valence-electron chi connectivity index (χ0n) is 14.8. The van der Waals surface area contributed by atoms with Gasteiger partial charge in [0.1, 0.15) is 0 Å². The number of nitrogens with zero attached hydrogens (tertiary/aromatic N) is 4. The molecule has 0 spiro atoms. The summed E-state index contributed by atoms with van der Waals surface area (Å²) in [5.74, 6) is 1.64. The molecule has 1 aromatic rings. The van der Waals surface area contributed by atoms with Crippen LogP contribution in [0.5, 0.6) is 5.88 Å². The lowest BCUT2D eigenvalue weighted by Gasteiger charge is -2.36. The van der Waals surface area contributed by atoms with Crippen LogP contribution >= 0.6 is 0 Å². The number of rotatable bonds is 5. The SMILES string of the molecule is CCNC(=NCc1cccnc1OCC)N1CCN(C(C)=O)CC1. The van der Waals surface area contributed by atoms with Crippen molar-refractivity contribution in [2.45, 2.75) is 27.3 Å². The molecule has 0 radical (unpaired) electrons. The number of amides is 1. The van der Waals surface area contributed by atoms with Crippen molar-refractivity contribution in [1.29, 1.82) is 0 Å². The lowest BCUT2D eigenvalue weighted by atomic mass is 10.2. The Morgan fingerprint density at radius 1 is 1.29 bits per heavy atom. The number of piperazine rings is 1. The van der Waals surface area contributed by atoms with Gasteiger partial charge in [0.2, 0.25) is 11.8 Å². The van der Waals surface area contributed by atoms with Gasteiger partial charge < -0.3 is 19.9 Å². The van der Waals surface area contributed by atoms with Crippen LogP contribution in [0.3, 0.4) is 0 Å². The second-order valence-corrected chi connectivity index (χ2v) is 5.56. The molecule has 24 heavy (non-hydrogen) atoms. The first-order valence-corrected chi connectivity index (χ1v) is 8.51. The van der Waals surface area contributed by atoms with Crippen molar-refractivity contribution in [2.75, 3.05) is 39.3 Å². The molecule has 2 heterocycles. The van der Waals surface area contributed by atoms with E-state index in [0.29, 0.717) is 19.0 Å². The molecule has 0 saturated carbocycles. The predicted molar refractivity (Wildman–Crippen MR) is 94.0 cm³/mol. The minimum absolute atomic E-state index is 0.133. The Morgan fingerprint density at radius 3 is 2.62 bits per heavy atom. The third kappa shape index (κ3) is 4.84. The average Bonchev–Trinajstić information content (AvgIpc) is 2.60. The predicted octanol–water partition coefficient (Wildman–Crippen LogP) is 1.11. The topological polar surface area (TPSA) is 70.1 Å². The lowest BCUT2D eigenvalue weighted by molar-refractivity contribution is -0.130. The highest BCUT2D eigenvalue weighted by atomic mass is 16.5. The van der Waals surface area contributed by atoms with Gasteiger partial charge >= 0.3 is 0 Å². The van der Waals surface area contributed by atoms with Crippen LogP contribution in [0.25, 0.3) is 0 Å². The average molecular weight is 333 g/mol. The molecular weight excluding hydrogens is 306 g/mol. The van der Waals surface area contributed by atoms with Gasteiger partial charge in [0, 0.05) is 51.4 Å². The Kier molecular flexibility index (Phi) is 6.84. The highest BCUT2D eigenvalue weighted by Gasteiger charge is 2.20. The molecule has 7 nitrogen and oxygen atoms in total. The van der Waals surface area contributed by atoms with Crippen molar-refractivity contribution in [3.05, 3.63) is 23.9 Å². The molecule has 1 amide bonds. The first kappa shape index (κ1) is 18.0. The molecule has 0 bridgehead atoms. The maximum atomic E-state index is 11.5. The van der Waals surface area contributed by atoms with E-state index in [1.54, 1.807) is 13.1 Å². The summed E-state index contributed by atoms with van der Waals surface area (Å²) in [5, 5.41) is 3.33. The standard InChI is InChI=1S/C17H27N5O2/c1-4-18-17(22-11-9-21(10-12-22)14(3)23)20-13-15-7-6-8-19-16(15)24-5-2/h6-8H,4-5,9-13H2,1-3H3,(H,18,20). The number of hydrogen-bond donors (Lipinski definition) is 1. The van der Waals surface area contributed by atoms with Crippen molar-refractivity contribution in [2.24, 2.45) is 4.99 Å². The Balaban J connectivity index is 2.05. The minimum atomic E-state index is 0.133. The first-order valence-electron chi connectivity index (χ1n) is 8.51. The lowest BCUT2D eigenvalue weighted by Crippen LogP contribution is -2.53. The maximum Gasteiger partial charge on any atom is 0.219 e. The quantitative estimate of drug-likeness (QED) is 0.646. The molecule has 2 rings (SSSR count). The van der Waals surface area contributed by atoms with Gasteiger partial charge in [0.15, 0.2) is 5.96 Å². The van der Waals surface area contributed by atoms with Crippen molar-refractivity contribution in [1.82, 2.24) is 20.1 Å². The van der Waals surface area contributed by atoms with Gasteiger partial charge in [0.05, 0.1) is 13.2 Å². The number of guanidine groups is 1. The van der Waals surface area contributed by atoms with E-state index in [4.69, 9.17) is 9.73 Å². The fraction of sp³-hybridized carbons (Fsp3) is 0.588. The number of aromatic nitrogens is 1. The summed E-state index contributed by atoms with van der Waals surface area (Å²) in [5.41, 5.74) is 0.970. The maximum absolute atomic E-state index is 11.5. The highest BCUT2D eigenvalue weighted by molar-refractivity contribution is 5.80. The van der Waals surface area contributed by atoms with Crippen LogP contribution in [0, 0.1) is 0 Å². The Morgan fingerprint density at radius 2 is 2.00 bits per heavy atom. The fourth-order valence-electron chi connectivity index (χ4n) is 2.63. The molecule has 1 saturated heterocycles. The first-order chi connectivity index (χ1) is 11.7. The van der Waals surface area contributed by atoms with Gasteiger partial charge in [-0.2, -0.15) is 0 Å². The molecule has 0 aromatic carbocycles. The molecule has 1 aromatic heterocycles. The van der Waals surface area contributed by atoms with Crippen LogP contribution in [0.4, 0.5) is 0 Å². The van der Waals surface area contributed by atoms with Crippen LogP contribution in [-0.4, -0.2) is 66.0 Å². The van der Waals surface area contributed by atoms with Crippen molar-refractivity contribution in [3.63, 3.8) is 0 Å². The van der Waals surface area contributed by atoms with Crippen LogP contribution in [-0.2, 0) is 11.3 Å². The number of carbonyl (C=O) groups excluding carboxylic acids is 1. The van der Waals surface area contributed by atoms with E-state index in [0.717, 1.165) is 44.2 Å². The van der Waals surface area contributed by atoms with Gasteiger partial charge in [-0.3, -0.25) is 4.79 Å². The molecule has 7 heteroatoms. The van der Waals surface area contributed by atoms with Crippen molar-refractivity contribution < 1.29 is 9.53 Å². The van der Waals surface area contributed by atoms with E-state index in [9.17, 15) is 4.79 Å². The molecule has 0 unspecified atom stereocenters. The Labute approximate surface area is 143 Å². The van der Waals surface area contributed by atoms with Gasteiger partial charge in [-0.05, 0) is 19.9 Å². The summed E-state index contributed by atoms with van der Waals surface area (Å²) in [6.07, 6.45) is 1.73. The molecule has 1 fully saturated rings. The minimum Gasteiger partial charge on any atom is -0.478 e. The fourth-order valence-corrected chi connectivity index (χ4v) is 2.63. The van der Waals surface area contributed by atoms with Gasteiger partial charge in [0.25, 0.3) is 0 Å². The van der Waals surface area contributed by atoms with Crippen molar-refractivity contribution >= 4 is 11.9 Å². The number of carbonyl (C=O) groups is 1. The largest absolute Gasteiger partial charge is 0.478 e. The molecule has 1 N–H and O–H groups in total. The van der Waals surface area contributed by atoms with Gasteiger partial charge in [-0.1, -0.05) is 6.07 Å². The van der Waals surface area contributed by atoms with E-state index in [-0.39, 0.29) is 5.91 Å². The van der Waals surface area contributed by atoms with E-state index >= 15 is 0 Å². The third-order valence-corrected chi connectivity index (χ3v) is 3.89. The van der Waals surface area contributed by atoms with E-state index < -0.39 is 0 Å². The number of ether oxygens (including phenoxy) is 1. The van der Waals surface area contributed by atoms with E-state index in [1.165, 1.54) is 0 Å². The molecule has 0 aliphatic carbocycles. The molecule has 1 aliphatic heterocycles. The normalized spacial score (nSPS) is 15.4. The van der Waals surface area contributed by atoms with Gasteiger partial charge in [-0.25, -0.2) is 9.98 Å². The summed E-state index contributed by atoms with van der Waals surface area (Å²) in [7, 11) is 0. The highest BCUT2D eigenvalue weighted by Crippen LogP contribution is 2.15. The van der Waals surface area contributed by atoms with Crippen LogP contribution in [0.1, 0.15) is 26.3 Å². The zero-order chi connectivity index (χ0) is 17.4. The number of aliphatic imine (C=N–C) groups is 1. The number of hydrogen-bond acceptors (Lipinski definition) is 4. The van der Waals surface area contributed by atoms with Crippen LogP contribution in [0.15, 0.2) is 23.3 Å². The Bertz CT molecular complexity index is 568. The molecule has 0 atom stereocenters. The number of pyridine rings is 1. The molecule has 132 valence electrons. The second kappa shape index (κ2) is 9.10. The summed E-state index contributed by atoms with van der Waals surface area (Å²) < 4.78 is 5.56. The molecular formula is C17H27N5O2. The Hall–Kier alpha value is -2.31. The van der Waals surface area contributed by atoms with E-state index in [1.807, 2.05) is 24.0 Å². The van der Waals surface area contributed by atoms with Crippen LogP contribution < -0.4 is 10.1 Å². The monoisotopic (exact) mass is 333 g/mol. The summed E-state index contributed by atoms with van der Waals surface area (Å²) in [4.78, 5) is 24.5. The summed E-state index contributed by atoms with van der Waals surface area (Å²) >= 11 is 0.